The molecule has 8 nitrogen and oxygen atoms in total. The monoisotopic (exact) mass is 322 g/mol. The van der Waals surface area contributed by atoms with Gasteiger partial charge in [0.05, 0.1) is 0 Å². The van der Waals surface area contributed by atoms with Crippen molar-refractivity contribution in [2.24, 2.45) is 0 Å². The van der Waals surface area contributed by atoms with Crippen LogP contribution in [0.4, 0.5) is 0 Å². The molecule has 0 aliphatic carbocycles. The molecule has 0 bridgehead atoms. The Labute approximate surface area is 130 Å². The van der Waals surface area contributed by atoms with Gasteiger partial charge < -0.3 is 35.4 Å². The van der Waals surface area contributed by atoms with E-state index >= 15 is 0 Å². The predicted molar refractivity (Wildman–Crippen MR) is 77.0 cm³/mol. The lowest BCUT2D eigenvalue weighted by Gasteiger charge is -2.21. The van der Waals surface area contributed by atoms with Crippen molar-refractivity contribution in [3.05, 3.63) is 35.9 Å². The van der Waals surface area contributed by atoms with Gasteiger partial charge in [0.1, 0.15) is 29.4 Å². The first kappa shape index (κ1) is 16.2. The minimum atomic E-state index is -1.25. The van der Waals surface area contributed by atoms with Crippen molar-refractivity contribution in [3.8, 4) is 34.5 Å². The van der Waals surface area contributed by atoms with Gasteiger partial charge in [-0.2, -0.15) is 0 Å². The molecule has 0 spiro atoms. The van der Waals surface area contributed by atoms with E-state index in [1.807, 2.05) is 0 Å². The second-order valence-corrected chi connectivity index (χ2v) is 4.67. The van der Waals surface area contributed by atoms with Crippen LogP contribution in [0.15, 0.2) is 30.3 Å². The molecule has 6 N–H and O–H groups in total. The summed E-state index contributed by atoms with van der Waals surface area (Å²) < 4.78 is 4.98. The quantitative estimate of drug-likeness (QED) is 0.391. The summed E-state index contributed by atoms with van der Waals surface area (Å²) >= 11 is 0. The number of benzene rings is 2. The summed E-state index contributed by atoms with van der Waals surface area (Å²) in [6, 6.07) is 6.26. The summed E-state index contributed by atoms with van der Waals surface area (Å²) in [6.45, 7) is -0.158. The highest BCUT2D eigenvalue weighted by molar-refractivity contribution is 6.05. The van der Waals surface area contributed by atoms with Crippen LogP contribution in [0.3, 0.4) is 0 Å². The fourth-order valence-corrected chi connectivity index (χ4v) is 1.88. The number of phenols is 5. The molecular weight excluding hydrogens is 308 g/mol. The van der Waals surface area contributed by atoms with E-state index in [1.165, 1.54) is 24.3 Å². The Kier molecular flexibility index (Phi) is 4.47. The lowest BCUT2D eigenvalue weighted by molar-refractivity contribution is 0.0552. The Balaban J connectivity index is 0.000000185. The molecule has 0 fully saturated rings. The van der Waals surface area contributed by atoms with E-state index in [1.54, 1.807) is 0 Å². The standard InChI is InChI=1S/C9H8O5.C6H6O3/c10-4-1-5(11)8-7(2-4)14-3-6(12)9(8)13;7-4-2-1-3-5(8)6(4)9/h1-2,6,10-12H,3H2;1-3,7-9H. The van der Waals surface area contributed by atoms with E-state index in [4.69, 9.17) is 25.2 Å². The van der Waals surface area contributed by atoms with Gasteiger partial charge in [0.15, 0.2) is 23.4 Å². The number of ketones is 1. The van der Waals surface area contributed by atoms with Crippen LogP contribution >= 0.6 is 0 Å². The predicted octanol–water partition coefficient (Wildman–Crippen LogP) is 0.837. The van der Waals surface area contributed by atoms with E-state index in [9.17, 15) is 15.0 Å². The molecule has 23 heavy (non-hydrogen) atoms. The summed E-state index contributed by atoms with van der Waals surface area (Å²) in [7, 11) is 0. The highest BCUT2D eigenvalue weighted by atomic mass is 16.5. The maximum absolute atomic E-state index is 11.4. The highest BCUT2D eigenvalue weighted by Crippen LogP contribution is 2.36. The van der Waals surface area contributed by atoms with Crippen LogP contribution in [0.5, 0.6) is 34.5 Å². The third-order valence-corrected chi connectivity index (χ3v) is 3.01. The molecule has 1 unspecified atom stereocenters. The van der Waals surface area contributed by atoms with Gasteiger partial charge in [-0.25, -0.2) is 0 Å². The first-order valence-corrected chi connectivity index (χ1v) is 6.42. The van der Waals surface area contributed by atoms with Crippen LogP contribution in [-0.2, 0) is 0 Å². The van der Waals surface area contributed by atoms with Crippen LogP contribution in [0, 0.1) is 0 Å². The van der Waals surface area contributed by atoms with Crippen LogP contribution in [0.2, 0.25) is 0 Å². The Morgan fingerprint density at radius 1 is 0.957 bits per heavy atom. The molecule has 122 valence electrons. The molecule has 1 aliphatic rings. The molecule has 0 saturated carbocycles. The fourth-order valence-electron chi connectivity index (χ4n) is 1.88. The fraction of sp³-hybridized carbons (Fsp3) is 0.133. The van der Waals surface area contributed by atoms with Gasteiger partial charge in [-0.1, -0.05) is 6.07 Å². The molecule has 3 rings (SSSR count). The zero-order valence-corrected chi connectivity index (χ0v) is 11.7. The number of hydrogen-bond acceptors (Lipinski definition) is 8. The van der Waals surface area contributed by atoms with Crippen molar-refractivity contribution >= 4 is 5.78 Å². The summed E-state index contributed by atoms with van der Waals surface area (Å²) in [5.41, 5.74) is -0.0819. The molecule has 2 aromatic carbocycles. The first-order chi connectivity index (χ1) is 10.8. The van der Waals surface area contributed by atoms with Crippen LogP contribution < -0.4 is 4.74 Å². The van der Waals surface area contributed by atoms with Gasteiger partial charge in [0.2, 0.25) is 5.78 Å². The highest BCUT2D eigenvalue weighted by Gasteiger charge is 2.30. The van der Waals surface area contributed by atoms with Gasteiger partial charge in [-0.3, -0.25) is 4.79 Å². The molecular formula is C15H14O8. The molecule has 1 atom stereocenters. The third kappa shape index (κ3) is 3.38. The number of para-hydroxylation sites is 1. The number of Topliss-reactive ketones (excluding diaryl/α,β-unsaturated/α-hetero) is 1. The number of rotatable bonds is 0. The molecule has 0 aromatic heterocycles. The molecule has 0 saturated heterocycles. The Hall–Kier alpha value is -3.13. The van der Waals surface area contributed by atoms with Gasteiger partial charge in [-0.05, 0) is 12.1 Å². The Bertz CT molecular complexity index is 720. The second kappa shape index (κ2) is 6.32. The number of ether oxygens (including phenoxy) is 1. The SMILES string of the molecule is O=C1c2c(O)cc(O)cc2OCC1O.Oc1cccc(O)c1O. The first-order valence-electron chi connectivity index (χ1n) is 6.42. The number of carbonyl (C=O) groups is 1. The molecule has 0 radical (unpaired) electrons. The van der Waals surface area contributed by atoms with Crippen molar-refractivity contribution < 1.29 is 40.2 Å². The van der Waals surface area contributed by atoms with E-state index in [-0.39, 0.29) is 40.9 Å². The second-order valence-electron chi connectivity index (χ2n) is 4.67. The molecule has 0 amide bonds. The number of aromatic hydroxyl groups is 5. The van der Waals surface area contributed by atoms with E-state index in [0.717, 1.165) is 6.07 Å². The third-order valence-electron chi connectivity index (χ3n) is 3.01. The normalized spacial score (nSPS) is 15.9. The van der Waals surface area contributed by atoms with E-state index < -0.39 is 17.6 Å². The zero-order chi connectivity index (χ0) is 17.1. The van der Waals surface area contributed by atoms with Gasteiger partial charge in [-0.15, -0.1) is 0 Å². The minimum absolute atomic E-state index is 0.0819. The lowest BCUT2D eigenvalue weighted by Crippen LogP contribution is -2.32. The zero-order valence-electron chi connectivity index (χ0n) is 11.7. The number of carbonyl (C=O) groups excluding carboxylic acids is 1. The summed E-state index contributed by atoms with van der Waals surface area (Å²) in [5, 5.41) is 53.7. The molecule has 2 aromatic rings. The maximum atomic E-state index is 11.4. The number of fused-ring (bicyclic) bond motifs is 1. The van der Waals surface area contributed by atoms with E-state index in [2.05, 4.69) is 0 Å². The number of hydrogen-bond donors (Lipinski definition) is 6. The van der Waals surface area contributed by atoms with E-state index in [0.29, 0.717) is 0 Å². The average Bonchev–Trinajstić information content (AvgIpc) is 2.49. The van der Waals surface area contributed by atoms with Gasteiger partial charge >= 0.3 is 0 Å². The average molecular weight is 322 g/mol. The Morgan fingerprint density at radius 2 is 1.57 bits per heavy atom. The van der Waals surface area contributed by atoms with Gasteiger partial charge in [0.25, 0.3) is 0 Å². The molecule has 1 aliphatic heterocycles. The maximum Gasteiger partial charge on any atom is 0.202 e. The van der Waals surface area contributed by atoms with Crippen LogP contribution in [0.25, 0.3) is 0 Å². The van der Waals surface area contributed by atoms with Crippen LogP contribution in [-0.4, -0.2) is 49.1 Å². The number of aliphatic hydroxyl groups is 1. The number of aliphatic hydroxyl groups excluding tert-OH is 1. The van der Waals surface area contributed by atoms with Crippen molar-refractivity contribution in [2.45, 2.75) is 6.10 Å². The summed E-state index contributed by atoms with van der Waals surface area (Å²) in [5.74, 6) is -2.17. The largest absolute Gasteiger partial charge is 0.508 e. The van der Waals surface area contributed by atoms with Crippen molar-refractivity contribution in [3.63, 3.8) is 0 Å². The lowest BCUT2D eigenvalue weighted by atomic mass is 10.0. The number of phenolic OH excluding ortho intramolecular Hbond substituents is 5. The summed E-state index contributed by atoms with van der Waals surface area (Å²) in [4.78, 5) is 11.4. The van der Waals surface area contributed by atoms with Crippen molar-refractivity contribution in [1.29, 1.82) is 0 Å². The molecule has 1 heterocycles. The Morgan fingerprint density at radius 3 is 2.13 bits per heavy atom. The summed E-state index contributed by atoms with van der Waals surface area (Å²) in [6.07, 6.45) is -1.25. The topological polar surface area (TPSA) is 148 Å². The van der Waals surface area contributed by atoms with Crippen molar-refractivity contribution in [2.75, 3.05) is 6.61 Å². The van der Waals surface area contributed by atoms with Crippen molar-refractivity contribution in [1.82, 2.24) is 0 Å². The molecule has 8 heteroatoms. The van der Waals surface area contributed by atoms with Gasteiger partial charge in [0, 0.05) is 12.1 Å². The van der Waals surface area contributed by atoms with Crippen LogP contribution in [0.1, 0.15) is 10.4 Å². The minimum Gasteiger partial charge on any atom is -0.508 e. The smallest absolute Gasteiger partial charge is 0.202 e.